The number of dihydropyridines is 1. The Balaban J connectivity index is 1.54. The van der Waals surface area contributed by atoms with Crippen molar-refractivity contribution in [2.45, 2.75) is 63.4 Å². The lowest BCUT2D eigenvalue weighted by atomic mass is 9.71. The number of para-hydroxylation sites is 1. The molecule has 0 saturated heterocycles. The minimum absolute atomic E-state index is 0.00592. The molecule has 2 aromatic carbocycles. The number of nitrogens with one attached hydrogen (secondary N) is 1. The first-order chi connectivity index (χ1) is 17.0. The second kappa shape index (κ2) is 9.61. The quantitative estimate of drug-likeness (QED) is 0.577. The number of Topliss-reactive ketones (excluding diaryl/α,β-unsaturated/α-hetero) is 1. The number of carbonyl (C=O) groups excluding carboxylic acids is 2. The molecule has 0 bridgehead atoms. The van der Waals surface area contributed by atoms with Crippen molar-refractivity contribution in [2.24, 2.45) is 0 Å². The van der Waals surface area contributed by atoms with Crippen molar-refractivity contribution in [3.05, 3.63) is 82.2 Å². The summed E-state index contributed by atoms with van der Waals surface area (Å²) in [6.45, 7) is 1.87. The largest absolute Gasteiger partial charge is 0.508 e. The van der Waals surface area contributed by atoms with Gasteiger partial charge in [-0.3, -0.25) is 4.79 Å². The van der Waals surface area contributed by atoms with E-state index in [2.05, 4.69) is 5.32 Å². The first-order valence-electron chi connectivity index (χ1n) is 12.3. The van der Waals surface area contributed by atoms with Gasteiger partial charge < -0.3 is 19.9 Å². The standard InChI is InChI=1S/C29H31NO5/c1-17-26(29(33)35-21-7-3-4-8-21)27(18-11-13-20(31)14-12-18)28-23(30-17)15-19(16-24(28)32)22-9-5-6-10-25(22)34-2/h5-6,9-14,19,21,27,30-31H,3-4,7-8,15-16H2,1-2H3/t19-,27-/m0/s1. The first-order valence-corrected chi connectivity index (χ1v) is 12.3. The normalized spacial score (nSPS) is 22.6. The van der Waals surface area contributed by atoms with E-state index in [1.807, 2.05) is 31.2 Å². The Morgan fingerprint density at radius 2 is 1.74 bits per heavy atom. The van der Waals surface area contributed by atoms with Crippen LogP contribution in [0.3, 0.4) is 0 Å². The van der Waals surface area contributed by atoms with Crippen LogP contribution >= 0.6 is 0 Å². The molecule has 0 unspecified atom stereocenters. The third kappa shape index (κ3) is 4.45. The van der Waals surface area contributed by atoms with Gasteiger partial charge in [0.1, 0.15) is 17.6 Å². The number of rotatable bonds is 5. The van der Waals surface area contributed by atoms with Crippen LogP contribution in [0.5, 0.6) is 11.5 Å². The van der Waals surface area contributed by atoms with Crippen molar-refractivity contribution in [1.29, 1.82) is 0 Å². The number of phenols is 1. The number of phenolic OH excluding ortho intramolecular Hbond substituents is 1. The van der Waals surface area contributed by atoms with Gasteiger partial charge in [-0.2, -0.15) is 0 Å². The number of hydrogen-bond acceptors (Lipinski definition) is 6. The first kappa shape index (κ1) is 23.2. The Morgan fingerprint density at radius 3 is 2.46 bits per heavy atom. The number of allylic oxidation sites excluding steroid dienone is 3. The predicted molar refractivity (Wildman–Crippen MR) is 132 cm³/mol. The molecule has 2 N–H and O–H groups in total. The van der Waals surface area contributed by atoms with Crippen LogP contribution in [-0.4, -0.2) is 30.1 Å². The van der Waals surface area contributed by atoms with Gasteiger partial charge in [0.2, 0.25) is 0 Å². The molecule has 1 saturated carbocycles. The van der Waals surface area contributed by atoms with Crippen molar-refractivity contribution in [3.63, 3.8) is 0 Å². The van der Waals surface area contributed by atoms with Gasteiger partial charge >= 0.3 is 5.97 Å². The molecule has 2 aliphatic carbocycles. The summed E-state index contributed by atoms with van der Waals surface area (Å²) in [4.78, 5) is 27.2. The van der Waals surface area contributed by atoms with Gasteiger partial charge in [-0.15, -0.1) is 0 Å². The number of esters is 1. The minimum Gasteiger partial charge on any atom is -0.508 e. The lowest BCUT2D eigenvalue weighted by molar-refractivity contribution is -0.144. The lowest BCUT2D eigenvalue weighted by Crippen LogP contribution is -2.36. The van der Waals surface area contributed by atoms with Crippen LogP contribution in [0.4, 0.5) is 0 Å². The van der Waals surface area contributed by atoms with Crippen molar-refractivity contribution >= 4 is 11.8 Å². The molecular formula is C29H31NO5. The van der Waals surface area contributed by atoms with E-state index in [1.54, 1.807) is 31.4 Å². The molecule has 6 heteroatoms. The topological polar surface area (TPSA) is 84.9 Å². The van der Waals surface area contributed by atoms with Crippen LogP contribution in [0.15, 0.2) is 71.1 Å². The van der Waals surface area contributed by atoms with E-state index in [-0.39, 0.29) is 29.5 Å². The molecule has 5 rings (SSSR count). The van der Waals surface area contributed by atoms with E-state index < -0.39 is 5.92 Å². The number of ether oxygens (including phenoxy) is 2. The summed E-state index contributed by atoms with van der Waals surface area (Å²) < 4.78 is 11.5. The molecule has 0 spiro atoms. The molecule has 35 heavy (non-hydrogen) atoms. The third-order valence-corrected chi connectivity index (χ3v) is 7.43. The van der Waals surface area contributed by atoms with E-state index in [1.165, 1.54) is 0 Å². The van der Waals surface area contributed by atoms with Crippen LogP contribution in [0.2, 0.25) is 0 Å². The van der Waals surface area contributed by atoms with Gasteiger partial charge in [-0.25, -0.2) is 4.79 Å². The zero-order chi connectivity index (χ0) is 24.5. The fourth-order valence-electron chi connectivity index (χ4n) is 5.75. The molecule has 3 aliphatic rings. The Hall–Kier alpha value is -3.54. The molecule has 1 heterocycles. The van der Waals surface area contributed by atoms with E-state index in [4.69, 9.17) is 9.47 Å². The fourth-order valence-corrected chi connectivity index (χ4v) is 5.75. The number of ketones is 1. The highest BCUT2D eigenvalue weighted by molar-refractivity contribution is 6.04. The van der Waals surface area contributed by atoms with E-state index >= 15 is 0 Å². The Morgan fingerprint density at radius 1 is 1.03 bits per heavy atom. The summed E-state index contributed by atoms with van der Waals surface area (Å²) in [5.41, 5.74) is 4.43. The Labute approximate surface area is 205 Å². The molecule has 2 atom stereocenters. The highest BCUT2D eigenvalue weighted by Gasteiger charge is 2.42. The number of methoxy groups -OCH3 is 1. The molecule has 6 nitrogen and oxygen atoms in total. The number of hydrogen-bond donors (Lipinski definition) is 2. The molecule has 2 aromatic rings. The molecule has 0 amide bonds. The second-order valence-electron chi connectivity index (χ2n) is 9.66. The van der Waals surface area contributed by atoms with Crippen molar-refractivity contribution in [3.8, 4) is 11.5 Å². The maximum Gasteiger partial charge on any atom is 0.337 e. The van der Waals surface area contributed by atoms with Gasteiger partial charge in [-0.1, -0.05) is 30.3 Å². The highest BCUT2D eigenvalue weighted by Crippen LogP contribution is 2.47. The summed E-state index contributed by atoms with van der Waals surface area (Å²) in [6.07, 6.45) is 4.78. The van der Waals surface area contributed by atoms with E-state index in [9.17, 15) is 14.7 Å². The summed E-state index contributed by atoms with van der Waals surface area (Å²) >= 11 is 0. The van der Waals surface area contributed by atoms with E-state index in [0.717, 1.165) is 48.3 Å². The Kier molecular flexibility index (Phi) is 6.37. The Bertz CT molecular complexity index is 1200. The molecule has 1 aliphatic heterocycles. The van der Waals surface area contributed by atoms with Crippen LogP contribution in [0.25, 0.3) is 0 Å². The molecule has 0 radical (unpaired) electrons. The number of carbonyl (C=O) groups is 2. The van der Waals surface area contributed by atoms with Crippen LogP contribution in [-0.2, 0) is 14.3 Å². The second-order valence-corrected chi connectivity index (χ2v) is 9.66. The summed E-state index contributed by atoms with van der Waals surface area (Å²) in [5, 5.41) is 13.3. The molecule has 0 aromatic heterocycles. The monoisotopic (exact) mass is 473 g/mol. The zero-order valence-corrected chi connectivity index (χ0v) is 20.2. The van der Waals surface area contributed by atoms with Crippen molar-refractivity contribution in [2.75, 3.05) is 7.11 Å². The summed E-state index contributed by atoms with van der Waals surface area (Å²) in [6, 6.07) is 14.6. The van der Waals surface area contributed by atoms with E-state index in [0.29, 0.717) is 29.7 Å². The maximum atomic E-state index is 13.7. The molecule has 182 valence electrons. The SMILES string of the molecule is COc1ccccc1[C@@H]1CC(=O)C2=C(C1)NC(C)=C(C(=O)OC1CCCC1)[C@@H]2c1ccc(O)cc1. The number of aromatic hydroxyl groups is 1. The minimum atomic E-state index is -0.535. The average Bonchev–Trinajstić information content (AvgIpc) is 3.36. The maximum absolute atomic E-state index is 13.7. The third-order valence-electron chi connectivity index (χ3n) is 7.43. The van der Waals surface area contributed by atoms with Gasteiger partial charge in [-0.05, 0) is 68.4 Å². The lowest BCUT2D eigenvalue weighted by Gasteiger charge is -2.37. The fraction of sp³-hybridized carbons (Fsp3) is 0.379. The predicted octanol–water partition coefficient (Wildman–Crippen LogP) is 5.25. The van der Waals surface area contributed by atoms with Gasteiger partial charge in [0, 0.05) is 35.2 Å². The van der Waals surface area contributed by atoms with Gasteiger partial charge in [0.05, 0.1) is 12.7 Å². The van der Waals surface area contributed by atoms with Crippen LogP contribution < -0.4 is 10.1 Å². The number of benzene rings is 2. The van der Waals surface area contributed by atoms with Gasteiger partial charge in [0.25, 0.3) is 0 Å². The van der Waals surface area contributed by atoms with Crippen LogP contribution in [0.1, 0.15) is 68.4 Å². The summed E-state index contributed by atoms with van der Waals surface area (Å²) in [7, 11) is 1.64. The van der Waals surface area contributed by atoms with Crippen LogP contribution in [0, 0.1) is 0 Å². The van der Waals surface area contributed by atoms with Gasteiger partial charge in [0.15, 0.2) is 5.78 Å². The average molecular weight is 474 g/mol. The van der Waals surface area contributed by atoms with Crippen molar-refractivity contribution in [1.82, 2.24) is 5.32 Å². The summed E-state index contributed by atoms with van der Waals surface area (Å²) in [5.74, 6) is -0.0122. The smallest absolute Gasteiger partial charge is 0.337 e. The molecular weight excluding hydrogens is 442 g/mol. The highest BCUT2D eigenvalue weighted by atomic mass is 16.5. The van der Waals surface area contributed by atoms with Crippen molar-refractivity contribution < 1.29 is 24.2 Å². The molecule has 1 fully saturated rings. The zero-order valence-electron chi connectivity index (χ0n) is 20.2.